The molecular formula is C18H25N3O2. The first-order chi connectivity index (χ1) is 10.9. The van der Waals surface area contributed by atoms with Gasteiger partial charge in [0.05, 0.1) is 7.11 Å². The van der Waals surface area contributed by atoms with Crippen molar-refractivity contribution in [2.24, 2.45) is 11.7 Å². The lowest BCUT2D eigenvalue weighted by Crippen LogP contribution is -2.43. The zero-order valence-electron chi connectivity index (χ0n) is 14.2. The van der Waals surface area contributed by atoms with Gasteiger partial charge in [-0.1, -0.05) is 13.8 Å². The van der Waals surface area contributed by atoms with Gasteiger partial charge in [0.15, 0.2) is 5.75 Å². The molecule has 2 N–H and O–H groups in total. The first-order valence-electron chi connectivity index (χ1n) is 7.77. The highest BCUT2D eigenvalue weighted by atomic mass is 16.5. The van der Waals surface area contributed by atoms with Gasteiger partial charge >= 0.3 is 0 Å². The summed E-state index contributed by atoms with van der Waals surface area (Å²) in [6.45, 7) is 6.68. The van der Waals surface area contributed by atoms with Crippen molar-refractivity contribution in [3.8, 4) is 22.8 Å². The van der Waals surface area contributed by atoms with Gasteiger partial charge in [-0.15, -0.1) is 0 Å². The van der Waals surface area contributed by atoms with Crippen LogP contribution in [-0.2, 0) is 0 Å². The van der Waals surface area contributed by atoms with Crippen LogP contribution < -0.4 is 15.2 Å². The molecule has 0 amide bonds. The molecule has 0 saturated carbocycles. The summed E-state index contributed by atoms with van der Waals surface area (Å²) in [5.41, 5.74) is 7.86. The summed E-state index contributed by atoms with van der Waals surface area (Å²) in [4.78, 5) is 8.41. The number of hydrogen-bond acceptors (Lipinski definition) is 5. The summed E-state index contributed by atoms with van der Waals surface area (Å²) in [6.07, 6.45) is 6.14. The fraction of sp³-hybridized carbons (Fsp3) is 0.444. The lowest BCUT2D eigenvalue weighted by molar-refractivity contribution is 0.194. The fourth-order valence-electron chi connectivity index (χ4n) is 2.61. The molecule has 0 saturated heterocycles. The van der Waals surface area contributed by atoms with Gasteiger partial charge in [-0.3, -0.25) is 4.98 Å². The van der Waals surface area contributed by atoms with E-state index in [4.69, 9.17) is 15.2 Å². The summed E-state index contributed by atoms with van der Waals surface area (Å²) in [5, 5.41) is 0. The second-order valence-corrected chi connectivity index (χ2v) is 6.51. The van der Waals surface area contributed by atoms with Gasteiger partial charge in [0.25, 0.3) is 5.88 Å². The Labute approximate surface area is 137 Å². The highest BCUT2D eigenvalue weighted by Gasteiger charge is 2.22. The number of hydrogen-bond donors (Lipinski definition) is 1. The van der Waals surface area contributed by atoms with E-state index in [0.29, 0.717) is 24.2 Å². The molecule has 0 aromatic carbocycles. The molecule has 0 spiro atoms. The molecule has 5 heteroatoms. The number of nitrogens with two attached hydrogens (primary N) is 1. The number of nitrogens with zero attached hydrogens (tertiary/aromatic N) is 2. The molecule has 2 aromatic heterocycles. The number of methoxy groups -OCH3 is 1. The second kappa shape index (κ2) is 7.42. The zero-order chi connectivity index (χ0) is 16.9. The van der Waals surface area contributed by atoms with Crippen molar-refractivity contribution >= 4 is 0 Å². The Morgan fingerprint density at radius 1 is 1.22 bits per heavy atom. The van der Waals surface area contributed by atoms with Gasteiger partial charge in [0.2, 0.25) is 0 Å². The maximum absolute atomic E-state index is 6.28. The van der Waals surface area contributed by atoms with Crippen LogP contribution in [0.1, 0.15) is 27.2 Å². The maximum Gasteiger partial charge on any atom is 0.257 e. The third-order valence-electron chi connectivity index (χ3n) is 3.47. The van der Waals surface area contributed by atoms with Gasteiger partial charge in [0, 0.05) is 29.7 Å². The molecule has 0 aliphatic carbocycles. The molecule has 0 radical (unpaired) electrons. The number of aromatic nitrogens is 2. The molecular weight excluding hydrogens is 290 g/mol. The van der Waals surface area contributed by atoms with Crippen LogP contribution in [0.4, 0.5) is 0 Å². The number of ether oxygens (including phenoxy) is 2. The maximum atomic E-state index is 6.28. The van der Waals surface area contributed by atoms with Crippen molar-refractivity contribution in [3.63, 3.8) is 0 Å². The van der Waals surface area contributed by atoms with Crippen LogP contribution in [0.2, 0.25) is 0 Å². The molecule has 0 aliphatic rings. The van der Waals surface area contributed by atoms with Gasteiger partial charge < -0.3 is 15.2 Å². The van der Waals surface area contributed by atoms with Crippen molar-refractivity contribution in [2.75, 3.05) is 13.7 Å². The van der Waals surface area contributed by atoms with Gasteiger partial charge in [-0.05, 0) is 43.0 Å². The average molecular weight is 315 g/mol. The SMILES string of the molecule is COc1cc(-c2ccncc2)cnc1OCC(C)(N)CC(C)C. The number of pyridine rings is 2. The quantitative estimate of drug-likeness (QED) is 0.849. The predicted octanol–water partition coefficient (Wildman–Crippen LogP) is 3.29. The summed E-state index contributed by atoms with van der Waals surface area (Å²) < 4.78 is 11.2. The van der Waals surface area contributed by atoms with Crippen molar-refractivity contribution in [1.29, 1.82) is 0 Å². The predicted molar refractivity (Wildman–Crippen MR) is 91.6 cm³/mol. The van der Waals surface area contributed by atoms with E-state index in [1.54, 1.807) is 25.7 Å². The molecule has 1 atom stereocenters. The topological polar surface area (TPSA) is 70.3 Å². The lowest BCUT2D eigenvalue weighted by Gasteiger charge is -2.26. The fourth-order valence-corrected chi connectivity index (χ4v) is 2.61. The Bertz CT molecular complexity index is 627. The van der Waals surface area contributed by atoms with E-state index < -0.39 is 5.54 Å². The zero-order valence-corrected chi connectivity index (χ0v) is 14.2. The third kappa shape index (κ3) is 4.93. The number of rotatable bonds is 7. The minimum Gasteiger partial charge on any atom is -0.491 e. The smallest absolute Gasteiger partial charge is 0.257 e. The van der Waals surface area contributed by atoms with Gasteiger partial charge in [-0.2, -0.15) is 0 Å². The second-order valence-electron chi connectivity index (χ2n) is 6.51. The lowest BCUT2D eigenvalue weighted by atomic mass is 9.93. The van der Waals surface area contributed by atoms with Crippen molar-refractivity contribution < 1.29 is 9.47 Å². The normalized spacial score (nSPS) is 13.7. The van der Waals surface area contributed by atoms with E-state index in [2.05, 4.69) is 23.8 Å². The first-order valence-corrected chi connectivity index (χ1v) is 7.77. The Hall–Kier alpha value is -2.14. The first kappa shape index (κ1) is 17.2. The monoisotopic (exact) mass is 315 g/mol. The molecule has 1 unspecified atom stereocenters. The van der Waals surface area contributed by atoms with E-state index >= 15 is 0 Å². The summed E-state index contributed by atoms with van der Waals surface area (Å²) in [6, 6.07) is 5.76. The molecule has 23 heavy (non-hydrogen) atoms. The van der Waals surface area contributed by atoms with Crippen molar-refractivity contribution in [1.82, 2.24) is 9.97 Å². The molecule has 124 valence electrons. The summed E-state index contributed by atoms with van der Waals surface area (Å²) in [5.74, 6) is 1.57. The van der Waals surface area contributed by atoms with Crippen LogP contribution in [0.5, 0.6) is 11.6 Å². The van der Waals surface area contributed by atoms with Crippen molar-refractivity contribution in [3.05, 3.63) is 36.8 Å². The highest BCUT2D eigenvalue weighted by molar-refractivity contribution is 5.64. The van der Waals surface area contributed by atoms with Gasteiger partial charge in [-0.25, -0.2) is 4.98 Å². The van der Waals surface area contributed by atoms with E-state index in [1.807, 2.05) is 25.1 Å². The highest BCUT2D eigenvalue weighted by Crippen LogP contribution is 2.30. The van der Waals surface area contributed by atoms with E-state index in [-0.39, 0.29) is 0 Å². The van der Waals surface area contributed by atoms with Gasteiger partial charge in [0.1, 0.15) is 6.61 Å². The van der Waals surface area contributed by atoms with E-state index in [1.165, 1.54) is 0 Å². The van der Waals surface area contributed by atoms with Crippen molar-refractivity contribution in [2.45, 2.75) is 32.7 Å². The van der Waals surface area contributed by atoms with E-state index in [0.717, 1.165) is 17.5 Å². The third-order valence-corrected chi connectivity index (χ3v) is 3.47. The molecule has 2 rings (SSSR count). The Balaban J connectivity index is 2.14. The largest absolute Gasteiger partial charge is 0.491 e. The average Bonchev–Trinajstić information content (AvgIpc) is 2.52. The molecule has 2 heterocycles. The minimum absolute atomic E-state index is 0.392. The molecule has 5 nitrogen and oxygen atoms in total. The van der Waals surface area contributed by atoms with Crippen LogP contribution >= 0.6 is 0 Å². The van der Waals surface area contributed by atoms with Crippen LogP contribution in [0.3, 0.4) is 0 Å². The van der Waals surface area contributed by atoms with Crippen LogP contribution in [0.15, 0.2) is 36.8 Å². The molecule has 2 aromatic rings. The minimum atomic E-state index is -0.398. The Kier molecular flexibility index (Phi) is 5.55. The van der Waals surface area contributed by atoms with Crippen LogP contribution in [-0.4, -0.2) is 29.2 Å². The standard InChI is InChI=1S/C18H25N3O2/c1-13(2)10-18(3,19)12-23-17-16(22-4)9-15(11-21-17)14-5-7-20-8-6-14/h5-9,11,13H,10,12,19H2,1-4H3. The Morgan fingerprint density at radius 3 is 2.52 bits per heavy atom. The van der Waals surface area contributed by atoms with Crippen LogP contribution in [0, 0.1) is 5.92 Å². The summed E-state index contributed by atoms with van der Waals surface area (Å²) >= 11 is 0. The molecule has 0 aliphatic heterocycles. The molecule has 0 bridgehead atoms. The Morgan fingerprint density at radius 2 is 1.91 bits per heavy atom. The van der Waals surface area contributed by atoms with E-state index in [9.17, 15) is 0 Å². The molecule has 0 fully saturated rings. The van der Waals surface area contributed by atoms with Crippen LogP contribution in [0.25, 0.3) is 11.1 Å². The summed E-state index contributed by atoms with van der Waals surface area (Å²) in [7, 11) is 1.61.